The molecule has 0 spiro atoms. The van der Waals surface area contributed by atoms with Crippen molar-refractivity contribution < 1.29 is 18.9 Å². The van der Waals surface area contributed by atoms with Crippen LogP contribution >= 0.6 is 0 Å². The molecule has 2 heterocycles. The summed E-state index contributed by atoms with van der Waals surface area (Å²) in [6.07, 6.45) is 1.51. The first-order valence-corrected chi connectivity index (χ1v) is 6.43. The molecule has 0 aromatic heterocycles. The van der Waals surface area contributed by atoms with Crippen LogP contribution in [0, 0.1) is 0 Å². The van der Waals surface area contributed by atoms with E-state index >= 15 is 0 Å². The summed E-state index contributed by atoms with van der Waals surface area (Å²) < 4.78 is 21.4. The second-order valence-electron chi connectivity index (χ2n) is 3.97. The van der Waals surface area contributed by atoms with E-state index in [0.717, 1.165) is 37.7 Å². The zero-order chi connectivity index (χ0) is 12.5. The molecule has 0 atom stereocenters. The standard InChI is InChI=1S/C12H20N2O4/c1(11-13-3-7-17-11)5-15-9-10-16-6-2-12-14-4-8-18-12/h1-10H2. The summed E-state index contributed by atoms with van der Waals surface area (Å²) >= 11 is 0. The lowest BCUT2D eigenvalue weighted by Gasteiger charge is -2.06. The van der Waals surface area contributed by atoms with Crippen molar-refractivity contribution in [2.75, 3.05) is 52.7 Å². The summed E-state index contributed by atoms with van der Waals surface area (Å²) in [5.74, 6) is 1.62. The van der Waals surface area contributed by atoms with Gasteiger partial charge in [0.1, 0.15) is 13.2 Å². The number of ether oxygens (including phenoxy) is 4. The van der Waals surface area contributed by atoms with Gasteiger partial charge in [0.25, 0.3) is 0 Å². The van der Waals surface area contributed by atoms with Gasteiger partial charge >= 0.3 is 0 Å². The van der Waals surface area contributed by atoms with E-state index in [2.05, 4.69) is 9.98 Å². The minimum atomic E-state index is 0.598. The Morgan fingerprint density at radius 3 is 1.67 bits per heavy atom. The molecular weight excluding hydrogens is 236 g/mol. The van der Waals surface area contributed by atoms with Gasteiger partial charge in [-0.25, -0.2) is 0 Å². The van der Waals surface area contributed by atoms with Crippen molar-refractivity contribution in [3.8, 4) is 0 Å². The van der Waals surface area contributed by atoms with E-state index in [1.165, 1.54) is 0 Å². The molecule has 6 heteroatoms. The largest absolute Gasteiger partial charge is 0.479 e. The van der Waals surface area contributed by atoms with Gasteiger partial charge in [0.2, 0.25) is 0 Å². The van der Waals surface area contributed by atoms with Crippen molar-refractivity contribution in [1.29, 1.82) is 0 Å². The van der Waals surface area contributed by atoms with E-state index in [-0.39, 0.29) is 0 Å². The lowest BCUT2D eigenvalue weighted by Crippen LogP contribution is -2.11. The summed E-state index contributed by atoms with van der Waals surface area (Å²) in [5, 5.41) is 0. The average molecular weight is 256 g/mol. The number of rotatable bonds is 9. The minimum absolute atomic E-state index is 0.598. The summed E-state index contributed by atoms with van der Waals surface area (Å²) in [7, 11) is 0. The fourth-order valence-electron chi connectivity index (χ4n) is 1.70. The van der Waals surface area contributed by atoms with Gasteiger partial charge in [-0.05, 0) is 0 Å². The maximum Gasteiger partial charge on any atom is 0.185 e. The SMILES string of the molecule is C1COC(CCOCCOCCC2=NCCO2)=N1. The molecule has 0 saturated heterocycles. The summed E-state index contributed by atoms with van der Waals surface area (Å²) in [6.45, 7) is 5.46. The van der Waals surface area contributed by atoms with Gasteiger partial charge in [0.05, 0.1) is 39.5 Å². The van der Waals surface area contributed by atoms with Crippen LogP contribution in [0.15, 0.2) is 9.98 Å². The van der Waals surface area contributed by atoms with Crippen LogP contribution in [0.25, 0.3) is 0 Å². The highest BCUT2D eigenvalue weighted by molar-refractivity contribution is 5.77. The lowest BCUT2D eigenvalue weighted by molar-refractivity contribution is 0.0510. The van der Waals surface area contributed by atoms with Gasteiger partial charge in [-0.1, -0.05) is 0 Å². The van der Waals surface area contributed by atoms with E-state index in [1.54, 1.807) is 0 Å². The lowest BCUT2D eigenvalue weighted by atomic mass is 10.4. The normalized spacial score (nSPS) is 18.2. The molecule has 0 saturated carbocycles. The van der Waals surface area contributed by atoms with Gasteiger partial charge in [0, 0.05) is 12.8 Å². The molecule has 2 rings (SSSR count). The molecule has 0 aromatic carbocycles. The Balaban J connectivity index is 1.35. The number of hydrogen-bond acceptors (Lipinski definition) is 6. The molecule has 0 aromatic rings. The second kappa shape index (κ2) is 8.05. The van der Waals surface area contributed by atoms with Gasteiger partial charge in [-0.15, -0.1) is 0 Å². The smallest absolute Gasteiger partial charge is 0.185 e. The maximum absolute atomic E-state index is 5.42. The maximum atomic E-state index is 5.42. The highest BCUT2D eigenvalue weighted by atomic mass is 16.5. The van der Waals surface area contributed by atoms with Crippen molar-refractivity contribution in [3.63, 3.8) is 0 Å². The molecular formula is C12H20N2O4. The minimum Gasteiger partial charge on any atom is -0.479 e. The number of hydrogen-bond donors (Lipinski definition) is 0. The van der Waals surface area contributed by atoms with Crippen LogP contribution < -0.4 is 0 Å². The third kappa shape index (κ3) is 5.01. The molecule has 2 aliphatic rings. The van der Waals surface area contributed by atoms with Crippen molar-refractivity contribution in [2.45, 2.75) is 12.8 Å². The van der Waals surface area contributed by atoms with Crippen LogP contribution in [0.3, 0.4) is 0 Å². The average Bonchev–Trinajstić information content (AvgIpc) is 3.05. The van der Waals surface area contributed by atoms with Gasteiger partial charge in [-0.3, -0.25) is 9.98 Å². The fourth-order valence-corrected chi connectivity index (χ4v) is 1.70. The molecule has 0 N–H and O–H groups in total. The Bertz CT molecular complexity index is 274. The molecule has 18 heavy (non-hydrogen) atoms. The van der Waals surface area contributed by atoms with Crippen molar-refractivity contribution in [2.24, 2.45) is 9.98 Å². The van der Waals surface area contributed by atoms with Gasteiger partial charge in [-0.2, -0.15) is 0 Å². The second-order valence-corrected chi connectivity index (χ2v) is 3.97. The summed E-state index contributed by atoms with van der Waals surface area (Å²) in [4.78, 5) is 8.37. The molecule has 0 amide bonds. The van der Waals surface area contributed by atoms with E-state index in [0.29, 0.717) is 39.6 Å². The summed E-state index contributed by atoms with van der Waals surface area (Å²) in [6, 6.07) is 0. The van der Waals surface area contributed by atoms with Crippen LogP contribution in [-0.2, 0) is 18.9 Å². The monoisotopic (exact) mass is 256 g/mol. The number of aliphatic imine (C=N–C) groups is 2. The molecule has 0 fully saturated rings. The molecule has 0 radical (unpaired) electrons. The van der Waals surface area contributed by atoms with E-state index < -0.39 is 0 Å². The highest BCUT2D eigenvalue weighted by Gasteiger charge is 2.07. The van der Waals surface area contributed by atoms with Crippen molar-refractivity contribution in [3.05, 3.63) is 0 Å². The molecule has 0 bridgehead atoms. The molecule has 0 aliphatic carbocycles. The molecule has 2 aliphatic heterocycles. The van der Waals surface area contributed by atoms with Crippen LogP contribution in [0.1, 0.15) is 12.8 Å². The quantitative estimate of drug-likeness (QED) is 0.568. The third-order valence-corrected chi connectivity index (χ3v) is 2.59. The van der Waals surface area contributed by atoms with Crippen LogP contribution in [0.5, 0.6) is 0 Å². The highest BCUT2D eigenvalue weighted by Crippen LogP contribution is 2.00. The van der Waals surface area contributed by atoms with Crippen LogP contribution in [-0.4, -0.2) is 64.5 Å². The molecule has 102 valence electrons. The zero-order valence-electron chi connectivity index (χ0n) is 10.6. The Morgan fingerprint density at radius 2 is 1.28 bits per heavy atom. The predicted octanol–water partition coefficient (Wildman–Crippen LogP) is 0.657. The van der Waals surface area contributed by atoms with Gasteiger partial charge in [0.15, 0.2) is 11.8 Å². The first-order valence-electron chi connectivity index (χ1n) is 6.43. The fraction of sp³-hybridized carbons (Fsp3) is 0.833. The van der Waals surface area contributed by atoms with E-state index in [9.17, 15) is 0 Å². The summed E-state index contributed by atoms with van der Waals surface area (Å²) in [5.41, 5.74) is 0. The van der Waals surface area contributed by atoms with E-state index in [1.807, 2.05) is 0 Å². The Morgan fingerprint density at radius 1 is 0.778 bits per heavy atom. The van der Waals surface area contributed by atoms with Crippen LogP contribution in [0.4, 0.5) is 0 Å². The van der Waals surface area contributed by atoms with Crippen molar-refractivity contribution in [1.82, 2.24) is 0 Å². The van der Waals surface area contributed by atoms with Gasteiger partial charge < -0.3 is 18.9 Å². The predicted molar refractivity (Wildman–Crippen MR) is 67.4 cm³/mol. The molecule has 0 unspecified atom stereocenters. The van der Waals surface area contributed by atoms with Crippen LogP contribution in [0.2, 0.25) is 0 Å². The Hall–Kier alpha value is -1.14. The Labute approximate surface area is 107 Å². The Kier molecular flexibility index (Phi) is 5.94. The third-order valence-electron chi connectivity index (χ3n) is 2.59. The van der Waals surface area contributed by atoms with E-state index in [4.69, 9.17) is 18.9 Å². The molecule has 6 nitrogen and oxygen atoms in total. The zero-order valence-corrected chi connectivity index (χ0v) is 10.6. The topological polar surface area (TPSA) is 61.6 Å². The number of nitrogens with zero attached hydrogens (tertiary/aromatic N) is 2. The first-order chi connectivity index (χ1) is 8.95. The van der Waals surface area contributed by atoms with Crippen molar-refractivity contribution >= 4 is 11.8 Å². The first kappa shape index (κ1) is 13.3.